The Morgan fingerprint density at radius 1 is 1.03 bits per heavy atom. The third-order valence-corrected chi connectivity index (χ3v) is 4.53. The Morgan fingerprint density at radius 3 is 2.41 bits per heavy atom. The number of hydrogen-bond acceptors (Lipinski definition) is 7. The second kappa shape index (κ2) is 9.56. The minimum atomic E-state index is -0.543. The van der Waals surface area contributed by atoms with Gasteiger partial charge in [0.1, 0.15) is 5.01 Å². The highest BCUT2D eigenvalue weighted by atomic mass is 32.1. The zero-order chi connectivity index (χ0) is 20.6. The topological polar surface area (TPSA) is 110 Å². The number of ether oxygens (including phenoxy) is 1. The average Bonchev–Trinajstić information content (AvgIpc) is 3.17. The van der Waals surface area contributed by atoms with Crippen LogP contribution < -0.4 is 10.6 Å². The molecule has 0 spiro atoms. The van der Waals surface area contributed by atoms with E-state index in [1.165, 1.54) is 18.3 Å². The number of carbonyl (C=O) groups is 3. The van der Waals surface area contributed by atoms with Crippen LogP contribution in [-0.4, -0.2) is 34.4 Å². The zero-order valence-electron chi connectivity index (χ0n) is 15.5. The molecular weight excluding hydrogens is 392 g/mol. The largest absolute Gasteiger partial charge is 0.455 e. The van der Waals surface area contributed by atoms with E-state index in [0.717, 1.165) is 5.69 Å². The molecule has 2 heterocycles. The predicted octanol–water partition coefficient (Wildman–Crippen LogP) is 2.89. The van der Waals surface area contributed by atoms with Crippen LogP contribution in [0.15, 0.2) is 54.0 Å². The lowest BCUT2D eigenvalue weighted by atomic mass is 10.2. The molecule has 3 rings (SSSR count). The molecule has 0 bridgehead atoms. The minimum Gasteiger partial charge on any atom is -0.455 e. The average molecular weight is 410 g/mol. The molecule has 0 unspecified atom stereocenters. The molecule has 0 aliphatic carbocycles. The number of esters is 1. The van der Waals surface area contributed by atoms with Gasteiger partial charge in [0.25, 0.3) is 5.91 Å². The van der Waals surface area contributed by atoms with Crippen LogP contribution in [0.3, 0.4) is 0 Å². The van der Waals surface area contributed by atoms with E-state index >= 15 is 0 Å². The molecule has 29 heavy (non-hydrogen) atoms. The summed E-state index contributed by atoms with van der Waals surface area (Å²) in [6, 6.07) is 12.1. The third kappa shape index (κ3) is 6.22. The van der Waals surface area contributed by atoms with Gasteiger partial charge in [0, 0.05) is 29.9 Å². The molecule has 2 aromatic heterocycles. The maximum absolute atomic E-state index is 12.0. The van der Waals surface area contributed by atoms with E-state index in [9.17, 15) is 14.4 Å². The van der Waals surface area contributed by atoms with Crippen molar-refractivity contribution in [1.29, 1.82) is 0 Å². The number of rotatable bonds is 7. The van der Waals surface area contributed by atoms with Crippen molar-refractivity contribution in [2.45, 2.75) is 13.3 Å². The summed E-state index contributed by atoms with van der Waals surface area (Å²) in [4.78, 5) is 43.5. The van der Waals surface area contributed by atoms with Crippen molar-refractivity contribution in [3.63, 3.8) is 0 Å². The van der Waals surface area contributed by atoms with Crippen molar-refractivity contribution >= 4 is 40.5 Å². The quantitative estimate of drug-likeness (QED) is 0.580. The number of nitrogens with zero attached hydrogens (tertiary/aromatic N) is 2. The molecule has 1 aromatic carbocycles. The summed E-state index contributed by atoms with van der Waals surface area (Å²) in [5, 5.41) is 7.73. The number of amides is 2. The van der Waals surface area contributed by atoms with Crippen LogP contribution in [0.2, 0.25) is 0 Å². The van der Waals surface area contributed by atoms with Gasteiger partial charge in [0.2, 0.25) is 5.91 Å². The molecular formula is C20H18N4O4S. The van der Waals surface area contributed by atoms with Gasteiger partial charge in [-0.05, 0) is 36.4 Å². The van der Waals surface area contributed by atoms with Crippen molar-refractivity contribution in [3.05, 3.63) is 59.7 Å². The summed E-state index contributed by atoms with van der Waals surface area (Å²) < 4.78 is 5.01. The Balaban J connectivity index is 1.45. The lowest BCUT2D eigenvalue weighted by Gasteiger charge is -2.07. The van der Waals surface area contributed by atoms with Crippen molar-refractivity contribution in [2.75, 3.05) is 17.2 Å². The highest BCUT2D eigenvalue weighted by Crippen LogP contribution is 2.21. The predicted molar refractivity (Wildman–Crippen MR) is 109 cm³/mol. The monoisotopic (exact) mass is 410 g/mol. The van der Waals surface area contributed by atoms with Crippen molar-refractivity contribution in [3.8, 4) is 10.7 Å². The molecule has 8 nitrogen and oxygen atoms in total. The van der Waals surface area contributed by atoms with E-state index < -0.39 is 18.5 Å². The van der Waals surface area contributed by atoms with Gasteiger partial charge in [-0.25, -0.2) is 4.98 Å². The fourth-order valence-electron chi connectivity index (χ4n) is 2.38. The van der Waals surface area contributed by atoms with Gasteiger partial charge < -0.3 is 15.4 Å². The van der Waals surface area contributed by atoms with E-state index in [-0.39, 0.29) is 12.3 Å². The van der Waals surface area contributed by atoms with Gasteiger partial charge >= 0.3 is 5.97 Å². The molecule has 0 saturated carbocycles. The van der Waals surface area contributed by atoms with E-state index in [4.69, 9.17) is 4.74 Å². The highest BCUT2D eigenvalue weighted by Gasteiger charge is 2.12. The molecule has 0 aliphatic rings. The molecule has 2 N–H and O–H groups in total. The first kappa shape index (κ1) is 20.2. The summed E-state index contributed by atoms with van der Waals surface area (Å²) in [5.41, 5.74) is 2.45. The number of pyridine rings is 1. The Bertz CT molecular complexity index is 1000. The van der Waals surface area contributed by atoms with Crippen molar-refractivity contribution in [1.82, 2.24) is 9.97 Å². The standard InChI is InChI=1S/C20H18N4O4S/c1-13(25)22-14-5-7-15(8-6-14)23-18(26)11-28-19(27)10-16-12-29-20(24-16)17-4-2-3-9-21-17/h2-9,12H,10-11H2,1H3,(H,22,25)(H,23,26). The van der Waals surface area contributed by atoms with Crippen molar-refractivity contribution in [2.24, 2.45) is 0 Å². The second-order valence-electron chi connectivity index (χ2n) is 6.00. The van der Waals surface area contributed by atoms with Crippen LogP contribution in [0, 0.1) is 0 Å². The lowest BCUT2D eigenvalue weighted by Crippen LogP contribution is -2.21. The van der Waals surface area contributed by atoms with E-state index in [1.54, 1.807) is 35.8 Å². The Hall–Kier alpha value is -3.59. The SMILES string of the molecule is CC(=O)Nc1ccc(NC(=O)COC(=O)Cc2csc(-c3ccccn3)n2)cc1. The first-order valence-corrected chi connectivity index (χ1v) is 9.56. The Morgan fingerprint density at radius 2 is 1.76 bits per heavy atom. The molecule has 148 valence electrons. The maximum atomic E-state index is 12.0. The van der Waals surface area contributed by atoms with Crippen LogP contribution in [-0.2, 0) is 25.5 Å². The number of aromatic nitrogens is 2. The molecule has 0 radical (unpaired) electrons. The number of benzene rings is 1. The van der Waals surface area contributed by atoms with Crippen LogP contribution in [0.5, 0.6) is 0 Å². The minimum absolute atomic E-state index is 0.0258. The molecule has 0 atom stereocenters. The van der Waals surface area contributed by atoms with Crippen molar-refractivity contribution < 1.29 is 19.1 Å². The summed E-state index contributed by atoms with van der Waals surface area (Å²) >= 11 is 1.39. The first-order chi connectivity index (χ1) is 14.0. The summed E-state index contributed by atoms with van der Waals surface area (Å²) in [7, 11) is 0. The second-order valence-corrected chi connectivity index (χ2v) is 6.86. The van der Waals surface area contributed by atoms with E-state index in [1.807, 2.05) is 18.2 Å². The number of carbonyl (C=O) groups excluding carboxylic acids is 3. The number of anilines is 2. The summed E-state index contributed by atoms with van der Waals surface area (Å²) in [5.74, 6) is -1.18. The zero-order valence-corrected chi connectivity index (χ0v) is 16.4. The molecule has 3 aromatic rings. The lowest BCUT2D eigenvalue weighted by molar-refractivity contribution is -0.146. The molecule has 0 aliphatic heterocycles. The maximum Gasteiger partial charge on any atom is 0.312 e. The Labute approximate surface area is 171 Å². The number of thiazole rings is 1. The van der Waals surface area contributed by atoms with Crippen LogP contribution in [0.1, 0.15) is 12.6 Å². The summed E-state index contributed by atoms with van der Waals surface area (Å²) in [6.45, 7) is 1.01. The molecule has 0 saturated heterocycles. The number of hydrogen-bond donors (Lipinski definition) is 2. The summed E-state index contributed by atoms with van der Waals surface area (Å²) in [6.07, 6.45) is 1.65. The van der Waals surface area contributed by atoms with Crippen LogP contribution in [0.4, 0.5) is 11.4 Å². The van der Waals surface area contributed by atoms with Gasteiger partial charge in [-0.3, -0.25) is 19.4 Å². The Kier molecular flexibility index (Phi) is 6.64. The van der Waals surface area contributed by atoms with Gasteiger partial charge in [0.05, 0.1) is 17.8 Å². The van der Waals surface area contributed by atoms with Gasteiger partial charge in [-0.2, -0.15) is 0 Å². The normalized spacial score (nSPS) is 10.2. The fourth-order valence-corrected chi connectivity index (χ4v) is 3.17. The van der Waals surface area contributed by atoms with Crippen LogP contribution in [0.25, 0.3) is 10.7 Å². The fraction of sp³-hybridized carbons (Fsp3) is 0.150. The molecule has 0 fully saturated rings. The van der Waals surface area contributed by atoms with E-state index in [0.29, 0.717) is 22.1 Å². The molecule has 2 amide bonds. The van der Waals surface area contributed by atoms with Gasteiger partial charge in [-0.15, -0.1) is 11.3 Å². The molecule has 9 heteroatoms. The third-order valence-electron chi connectivity index (χ3n) is 3.61. The van der Waals surface area contributed by atoms with Gasteiger partial charge in [-0.1, -0.05) is 6.07 Å². The number of nitrogens with one attached hydrogen (secondary N) is 2. The first-order valence-electron chi connectivity index (χ1n) is 8.68. The smallest absolute Gasteiger partial charge is 0.312 e. The van der Waals surface area contributed by atoms with E-state index in [2.05, 4.69) is 20.6 Å². The van der Waals surface area contributed by atoms with Crippen LogP contribution >= 0.6 is 11.3 Å². The van der Waals surface area contributed by atoms with Gasteiger partial charge in [0.15, 0.2) is 6.61 Å². The highest BCUT2D eigenvalue weighted by molar-refractivity contribution is 7.13.